The summed E-state index contributed by atoms with van der Waals surface area (Å²) in [6.07, 6.45) is 0.349. The highest BCUT2D eigenvalue weighted by atomic mass is 19.1. The van der Waals surface area contributed by atoms with E-state index in [0.29, 0.717) is 25.8 Å². The summed E-state index contributed by atoms with van der Waals surface area (Å²) in [6.45, 7) is 7.41. The smallest absolute Gasteiger partial charge is 0.329 e. The normalized spacial score (nSPS) is 20.1. The van der Waals surface area contributed by atoms with Crippen LogP contribution in [-0.4, -0.2) is 52.3 Å². The van der Waals surface area contributed by atoms with Crippen LogP contribution in [0.1, 0.15) is 59.8 Å². The molecule has 1 fully saturated rings. The summed E-state index contributed by atoms with van der Waals surface area (Å²) in [5.41, 5.74) is 0.571. The first-order valence-electron chi connectivity index (χ1n) is 8.73. The number of carbonyl (C=O) groups is 3. The van der Waals surface area contributed by atoms with Gasteiger partial charge in [-0.3, -0.25) is 14.8 Å². The van der Waals surface area contributed by atoms with E-state index in [-0.39, 0.29) is 6.42 Å². The van der Waals surface area contributed by atoms with Gasteiger partial charge in [0.05, 0.1) is 5.92 Å². The molecule has 0 aromatic rings. The molecule has 0 unspecified atom stereocenters. The lowest BCUT2D eigenvalue weighted by molar-refractivity contribution is -0.164. The molecular weight excluding hydrogens is 331 g/mol. The van der Waals surface area contributed by atoms with E-state index in [4.69, 9.17) is 9.94 Å². The van der Waals surface area contributed by atoms with Crippen molar-refractivity contribution < 1.29 is 28.7 Å². The van der Waals surface area contributed by atoms with E-state index >= 15 is 0 Å². The van der Waals surface area contributed by atoms with Crippen LogP contribution in [-0.2, 0) is 19.1 Å². The number of carbonyl (C=O) groups excluding carboxylic acids is 3. The lowest BCUT2D eigenvalue weighted by Gasteiger charge is -2.30. The second-order valence-corrected chi connectivity index (χ2v) is 7.35. The topological polar surface area (TPSA) is 95.9 Å². The first-order chi connectivity index (χ1) is 11.6. The molecule has 0 bridgehead atoms. The molecule has 0 aliphatic carbocycles. The lowest BCUT2D eigenvalue weighted by Crippen LogP contribution is -2.49. The Morgan fingerprint density at radius 2 is 2.00 bits per heavy atom. The summed E-state index contributed by atoms with van der Waals surface area (Å²) >= 11 is 0. The number of nitrogens with one attached hydrogen (secondary N) is 1. The van der Waals surface area contributed by atoms with Crippen LogP contribution in [0.5, 0.6) is 0 Å². The molecule has 144 valence electrons. The van der Waals surface area contributed by atoms with Crippen LogP contribution in [0.3, 0.4) is 0 Å². The van der Waals surface area contributed by atoms with Gasteiger partial charge in [0.25, 0.3) is 5.91 Å². The van der Waals surface area contributed by atoms with Gasteiger partial charge in [-0.15, -0.1) is 0 Å². The number of halogens is 1. The number of amides is 2. The summed E-state index contributed by atoms with van der Waals surface area (Å²) in [7, 11) is 0. The highest BCUT2D eigenvalue weighted by Gasteiger charge is 2.42. The minimum Gasteiger partial charge on any atom is -0.458 e. The summed E-state index contributed by atoms with van der Waals surface area (Å²) in [5.74, 6) is -3.58. The number of hydroxylamine groups is 1. The molecule has 3 atom stereocenters. The number of ether oxygens (including phenoxy) is 1. The van der Waals surface area contributed by atoms with Crippen molar-refractivity contribution in [3.8, 4) is 0 Å². The standard InChI is InChI=1S/C17H29FN2O5/c1-5-6-8-11(13(18)14(21)19-24)15(22)20-10-7-9-12(20)16(23)25-17(2,3)4/h11-13,24H,5-10H2,1-4H3,(H,19,21)/t11-,12+,13+/m1/s1. The molecular formula is C17H29FN2O5. The summed E-state index contributed by atoms with van der Waals surface area (Å²) in [5, 5.41) is 8.66. The fraction of sp³-hybridized carbons (Fsp3) is 0.824. The lowest BCUT2D eigenvalue weighted by atomic mass is 9.94. The molecule has 1 rings (SSSR count). The highest BCUT2D eigenvalue weighted by molar-refractivity contribution is 5.91. The predicted octanol–water partition coefficient (Wildman–Crippen LogP) is 1.97. The average molecular weight is 360 g/mol. The van der Waals surface area contributed by atoms with Crippen molar-refractivity contribution in [3.05, 3.63) is 0 Å². The van der Waals surface area contributed by atoms with E-state index in [9.17, 15) is 18.8 Å². The van der Waals surface area contributed by atoms with Gasteiger partial charge in [-0.1, -0.05) is 19.8 Å². The maximum atomic E-state index is 14.4. The maximum absolute atomic E-state index is 14.4. The number of hydrogen-bond acceptors (Lipinski definition) is 5. The molecule has 7 nitrogen and oxygen atoms in total. The summed E-state index contributed by atoms with van der Waals surface area (Å²) in [4.78, 5) is 37.9. The second-order valence-electron chi connectivity index (χ2n) is 7.35. The van der Waals surface area contributed by atoms with E-state index in [1.807, 2.05) is 6.92 Å². The van der Waals surface area contributed by atoms with Crippen molar-refractivity contribution in [3.63, 3.8) is 0 Å². The molecule has 0 radical (unpaired) electrons. The molecule has 2 amide bonds. The van der Waals surface area contributed by atoms with Crippen molar-refractivity contribution in [2.75, 3.05) is 6.54 Å². The Labute approximate surface area is 147 Å². The Balaban J connectivity index is 2.93. The largest absolute Gasteiger partial charge is 0.458 e. The average Bonchev–Trinajstić information content (AvgIpc) is 3.02. The van der Waals surface area contributed by atoms with Crippen molar-refractivity contribution in [2.45, 2.75) is 77.6 Å². The van der Waals surface area contributed by atoms with E-state index in [1.54, 1.807) is 20.8 Å². The number of nitrogens with zero attached hydrogens (tertiary/aromatic N) is 1. The zero-order valence-electron chi connectivity index (χ0n) is 15.4. The van der Waals surface area contributed by atoms with Gasteiger partial charge in [-0.2, -0.15) is 0 Å². The van der Waals surface area contributed by atoms with Crippen LogP contribution in [0, 0.1) is 5.92 Å². The van der Waals surface area contributed by atoms with Gasteiger partial charge in [0.15, 0.2) is 6.17 Å². The van der Waals surface area contributed by atoms with Gasteiger partial charge in [0.2, 0.25) is 5.91 Å². The van der Waals surface area contributed by atoms with Crippen molar-refractivity contribution in [1.82, 2.24) is 10.4 Å². The number of unbranched alkanes of at least 4 members (excludes halogenated alkanes) is 1. The molecule has 0 saturated carbocycles. The Kier molecular flexibility index (Phi) is 7.79. The molecule has 1 aliphatic rings. The van der Waals surface area contributed by atoms with Crippen LogP contribution in [0.4, 0.5) is 4.39 Å². The Morgan fingerprint density at radius 3 is 2.52 bits per heavy atom. The van der Waals surface area contributed by atoms with E-state index < -0.39 is 41.5 Å². The molecule has 1 aliphatic heterocycles. The molecule has 0 aromatic carbocycles. The minimum absolute atomic E-state index is 0.168. The van der Waals surface area contributed by atoms with Gasteiger partial charge in [0, 0.05) is 6.54 Å². The third kappa shape index (κ3) is 5.95. The minimum atomic E-state index is -2.16. The first-order valence-corrected chi connectivity index (χ1v) is 8.73. The van der Waals surface area contributed by atoms with Crippen LogP contribution in [0.2, 0.25) is 0 Å². The fourth-order valence-electron chi connectivity index (χ4n) is 2.92. The zero-order chi connectivity index (χ0) is 19.2. The first kappa shape index (κ1) is 21.3. The summed E-state index contributed by atoms with van der Waals surface area (Å²) in [6, 6.07) is -0.764. The Morgan fingerprint density at radius 1 is 1.36 bits per heavy atom. The third-order valence-electron chi connectivity index (χ3n) is 4.11. The Hall–Kier alpha value is -1.70. The molecule has 0 spiro atoms. The van der Waals surface area contributed by atoms with Crippen LogP contribution in [0.15, 0.2) is 0 Å². The summed E-state index contributed by atoms with van der Waals surface area (Å²) < 4.78 is 19.7. The van der Waals surface area contributed by atoms with E-state index in [2.05, 4.69) is 0 Å². The molecule has 1 heterocycles. The third-order valence-corrected chi connectivity index (χ3v) is 4.11. The predicted molar refractivity (Wildman–Crippen MR) is 88.4 cm³/mol. The fourth-order valence-corrected chi connectivity index (χ4v) is 2.92. The number of hydrogen-bond donors (Lipinski definition) is 2. The number of rotatable bonds is 7. The van der Waals surface area contributed by atoms with Crippen LogP contribution in [0.25, 0.3) is 0 Å². The SMILES string of the molecule is CCCC[C@@H](C(=O)N1CCC[C@H]1C(=O)OC(C)(C)C)[C@H](F)C(=O)NO. The monoisotopic (exact) mass is 360 g/mol. The zero-order valence-corrected chi connectivity index (χ0v) is 15.4. The van der Waals surface area contributed by atoms with Gasteiger partial charge in [-0.25, -0.2) is 14.7 Å². The van der Waals surface area contributed by atoms with Crippen LogP contribution >= 0.6 is 0 Å². The van der Waals surface area contributed by atoms with Gasteiger partial charge in [0.1, 0.15) is 11.6 Å². The molecule has 0 aromatic heterocycles. The molecule has 8 heteroatoms. The van der Waals surface area contributed by atoms with Crippen LogP contribution < -0.4 is 5.48 Å². The van der Waals surface area contributed by atoms with E-state index in [1.165, 1.54) is 10.4 Å². The number of alkyl halides is 1. The quantitative estimate of drug-likeness (QED) is 0.411. The van der Waals surface area contributed by atoms with Gasteiger partial charge in [-0.05, 0) is 40.0 Å². The van der Waals surface area contributed by atoms with E-state index in [0.717, 1.165) is 6.42 Å². The Bertz CT molecular complexity index is 492. The molecule has 2 N–H and O–H groups in total. The number of esters is 1. The maximum Gasteiger partial charge on any atom is 0.329 e. The van der Waals surface area contributed by atoms with Crippen molar-refractivity contribution in [2.24, 2.45) is 5.92 Å². The highest BCUT2D eigenvalue weighted by Crippen LogP contribution is 2.27. The molecule has 1 saturated heterocycles. The van der Waals surface area contributed by atoms with Gasteiger partial charge >= 0.3 is 5.97 Å². The van der Waals surface area contributed by atoms with Crippen molar-refractivity contribution in [1.29, 1.82) is 0 Å². The van der Waals surface area contributed by atoms with Gasteiger partial charge < -0.3 is 9.64 Å². The van der Waals surface area contributed by atoms with Crippen molar-refractivity contribution >= 4 is 17.8 Å². The number of likely N-dealkylation sites (tertiary alicyclic amines) is 1. The molecule has 25 heavy (non-hydrogen) atoms. The second kappa shape index (κ2) is 9.12.